The summed E-state index contributed by atoms with van der Waals surface area (Å²) in [5.41, 5.74) is 0.0415. The van der Waals surface area contributed by atoms with Crippen molar-refractivity contribution in [1.29, 1.82) is 0 Å². The van der Waals surface area contributed by atoms with E-state index in [9.17, 15) is 14.0 Å². The van der Waals surface area contributed by atoms with Crippen molar-refractivity contribution in [2.75, 3.05) is 25.5 Å². The number of halogens is 1. The number of rotatable bonds is 4. The number of piperidine rings is 1. The second kappa shape index (κ2) is 7.51. The predicted molar refractivity (Wildman–Crippen MR) is 96.2 cm³/mol. The molecule has 2 aromatic rings. The Morgan fingerprint density at radius 1 is 1.15 bits per heavy atom. The fourth-order valence-corrected chi connectivity index (χ4v) is 3.23. The molecule has 0 radical (unpaired) electrons. The minimum Gasteiger partial charge on any atom is -0.371 e. The molecule has 1 fully saturated rings. The topological polar surface area (TPSA) is 74.3 Å². The van der Waals surface area contributed by atoms with E-state index in [2.05, 4.69) is 15.6 Å². The number of pyridine rings is 1. The summed E-state index contributed by atoms with van der Waals surface area (Å²) in [4.78, 5) is 30.9. The fourth-order valence-electron chi connectivity index (χ4n) is 3.23. The molecule has 1 aliphatic heterocycles. The van der Waals surface area contributed by atoms with Crippen molar-refractivity contribution in [3.8, 4) is 0 Å². The molecule has 1 aliphatic rings. The van der Waals surface area contributed by atoms with Crippen molar-refractivity contribution in [1.82, 2.24) is 15.2 Å². The minimum atomic E-state index is -0.885. The molecule has 2 heterocycles. The highest BCUT2D eigenvalue weighted by Gasteiger charge is 2.42. The molecule has 0 spiro atoms. The van der Waals surface area contributed by atoms with Crippen LogP contribution in [0.3, 0.4) is 0 Å². The van der Waals surface area contributed by atoms with Gasteiger partial charge in [-0.3, -0.25) is 14.6 Å². The maximum Gasteiger partial charge on any atom is 0.272 e. The number of anilines is 1. The van der Waals surface area contributed by atoms with Gasteiger partial charge in [-0.1, -0.05) is 12.1 Å². The molecule has 3 rings (SSSR count). The van der Waals surface area contributed by atoms with Gasteiger partial charge in [-0.25, -0.2) is 4.39 Å². The normalized spacial score (nSPS) is 16.0. The molecule has 6 nitrogen and oxygen atoms in total. The van der Waals surface area contributed by atoms with Crippen LogP contribution in [0.1, 0.15) is 23.3 Å². The largest absolute Gasteiger partial charge is 0.371 e. The number of likely N-dealkylation sites (tertiary alicyclic amines) is 1. The van der Waals surface area contributed by atoms with Crippen molar-refractivity contribution in [3.63, 3.8) is 0 Å². The summed E-state index contributed by atoms with van der Waals surface area (Å²) < 4.78 is 13.5. The molecule has 0 saturated carbocycles. The first-order valence-corrected chi connectivity index (χ1v) is 8.50. The van der Waals surface area contributed by atoms with E-state index in [1.807, 2.05) is 0 Å². The average molecular weight is 356 g/mol. The third kappa shape index (κ3) is 3.66. The van der Waals surface area contributed by atoms with E-state index in [1.54, 1.807) is 48.5 Å². The van der Waals surface area contributed by atoms with Crippen molar-refractivity contribution in [2.24, 2.45) is 0 Å². The number of nitrogens with zero attached hydrogens (tertiary/aromatic N) is 2. The number of amides is 2. The van der Waals surface area contributed by atoms with Gasteiger partial charge in [0.15, 0.2) is 0 Å². The zero-order chi connectivity index (χ0) is 18.6. The Balaban J connectivity index is 1.75. The van der Waals surface area contributed by atoms with E-state index in [0.29, 0.717) is 37.3 Å². The van der Waals surface area contributed by atoms with E-state index in [-0.39, 0.29) is 17.6 Å². The molecule has 7 heteroatoms. The second-order valence-corrected chi connectivity index (χ2v) is 6.30. The SMILES string of the molecule is CNC(=O)C1(Nc2cccc(F)c2)CCN(C(=O)c2ccccn2)CC1. The highest BCUT2D eigenvalue weighted by molar-refractivity contribution is 5.93. The smallest absolute Gasteiger partial charge is 0.272 e. The summed E-state index contributed by atoms with van der Waals surface area (Å²) in [6.07, 6.45) is 2.42. The highest BCUT2D eigenvalue weighted by atomic mass is 19.1. The molecule has 1 aromatic heterocycles. The zero-order valence-electron chi connectivity index (χ0n) is 14.5. The first-order valence-electron chi connectivity index (χ1n) is 8.50. The van der Waals surface area contributed by atoms with Gasteiger partial charge < -0.3 is 15.5 Å². The van der Waals surface area contributed by atoms with Crippen molar-refractivity contribution >= 4 is 17.5 Å². The van der Waals surface area contributed by atoms with Crippen LogP contribution in [0.15, 0.2) is 48.7 Å². The van der Waals surface area contributed by atoms with E-state index < -0.39 is 5.54 Å². The molecule has 26 heavy (non-hydrogen) atoms. The molecule has 2 amide bonds. The second-order valence-electron chi connectivity index (χ2n) is 6.30. The lowest BCUT2D eigenvalue weighted by atomic mass is 9.85. The van der Waals surface area contributed by atoms with Crippen LogP contribution in [-0.4, -0.2) is 47.4 Å². The number of carbonyl (C=O) groups excluding carboxylic acids is 2. The third-order valence-electron chi connectivity index (χ3n) is 4.66. The molecule has 2 N–H and O–H groups in total. The van der Waals surface area contributed by atoms with Crippen LogP contribution in [-0.2, 0) is 4.79 Å². The first-order chi connectivity index (χ1) is 12.5. The summed E-state index contributed by atoms with van der Waals surface area (Å²) in [6, 6.07) is 11.2. The van der Waals surface area contributed by atoms with E-state index in [4.69, 9.17) is 0 Å². The number of hydrogen-bond acceptors (Lipinski definition) is 4. The number of likely N-dealkylation sites (N-methyl/N-ethyl adjacent to an activating group) is 1. The van der Waals surface area contributed by atoms with E-state index >= 15 is 0 Å². The lowest BCUT2D eigenvalue weighted by Crippen LogP contribution is -2.58. The van der Waals surface area contributed by atoms with Gasteiger partial charge in [0.25, 0.3) is 5.91 Å². The fraction of sp³-hybridized carbons (Fsp3) is 0.316. The summed E-state index contributed by atoms with van der Waals surface area (Å²) in [5, 5.41) is 5.85. The standard InChI is InChI=1S/C19H21FN4O2/c1-21-18(26)19(23-15-6-4-5-14(20)13-15)8-11-24(12-9-19)17(25)16-7-2-3-10-22-16/h2-7,10,13,23H,8-9,11-12H2,1H3,(H,21,26). The Labute approximate surface area is 151 Å². The molecule has 0 atom stereocenters. The van der Waals surface area contributed by atoms with Crippen LogP contribution < -0.4 is 10.6 Å². The van der Waals surface area contributed by atoms with Crippen LogP contribution in [0.2, 0.25) is 0 Å². The Morgan fingerprint density at radius 3 is 2.54 bits per heavy atom. The summed E-state index contributed by atoms with van der Waals surface area (Å²) in [6.45, 7) is 0.816. The lowest BCUT2D eigenvalue weighted by Gasteiger charge is -2.41. The zero-order valence-corrected chi connectivity index (χ0v) is 14.5. The molecule has 1 aromatic carbocycles. The predicted octanol–water partition coefficient (Wildman–Crippen LogP) is 2.05. The Bertz CT molecular complexity index is 789. The average Bonchev–Trinajstić information content (AvgIpc) is 2.68. The van der Waals surface area contributed by atoms with Gasteiger partial charge in [-0.05, 0) is 43.2 Å². The third-order valence-corrected chi connectivity index (χ3v) is 4.66. The molecule has 0 unspecified atom stereocenters. The summed E-state index contributed by atoms with van der Waals surface area (Å²) in [7, 11) is 1.57. The highest BCUT2D eigenvalue weighted by Crippen LogP contribution is 2.28. The van der Waals surface area contributed by atoms with Crippen LogP contribution in [0.25, 0.3) is 0 Å². The van der Waals surface area contributed by atoms with Gasteiger partial charge in [0.2, 0.25) is 5.91 Å². The molecule has 136 valence electrons. The Morgan fingerprint density at radius 2 is 1.92 bits per heavy atom. The van der Waals surface area contributed by atoms with E-state index in [1.165, 1.54) is 12.1 Å². The van der Waals surface area contributed by atoms with Gasteiger partial charge in [-0.2, -0.15) is 0 Å². The first kappa shape index (κ1) is 17.8. The maximum atomic E-state index is 13.5. The summed E-state index contributed by atoms with van der Waals surface area (Å²) >= 11 is 0. The van der Waals surface area contributed by atoms with Gasteiger partial charge in [-0.15, -0.1) is 0 Å². The minimum absolute atomic E-state index is 0.151. The monoisotopic (exact) mass is 356 g/mol. The number of nitrogens with one attached hydrogen (secondary N) is 2. The quantitative estimate of drug-likeness (QED) is 0.879. The van der Waals surface area contributed by atoms with Crippen LogP contribution >= 0.6 is 0 Å². The van der Waals surface area contributed by atoms with Crippen molar-refractivity contribution in [3.05, 3.63) is 60.2 Å². The van der Waals surface area contributed by atoms with Gasteiger partial charge in [0.1, 0.15) is 17.1 Å². The van der Waals surface area contributed by atoms with Crippen molar-refractivity contribution < 1.29 is 14.0 Å². The van der Waals surface area contributed by atoms with Gasteiger partial charge in [0, 0.05) is 32.0 Å². The van der Waals surface area contributed by atoms with Gasteiger partial charge >= 0.3 is 0 Å². The number of carbonyl (C=O) groups is 2. The lowest BCUT2D eigenvalue weighted by molar-refractivity contribution is -0.126. The van der Waals surface area contributed by atoms with Crippen LogP contribution in [0, 0.1) is 5.82 Å². The molecular weight excluding hydrogens is 335 g/mol. The Hall–Kier alpha value is -2.96. The van der Waals surface area contributed by atoms with Crippen molar-refractivity contribution in [2.45, 2.75) is 18.4 Å². The number of aromatic nitrogens is 1. The number of benzene rings is 1. The molecule has 0 bridgehead atoms. The summed E-state index contributed by atoms with van der Waals surface area (Å²) in [5.74, 6) is -0.696. The maximum absolute atomic E-state index is 13.5. The van der Waals surface area contributed by atoms with E-state index in [0.717, 1.165) is 0 Å². The molecular formula is C19H21FN4O2. The number of hydrogen-bond donors (Lipinski definition) is 2. The molecule has 0 aliphatic carbocycles. The Kier molecular flexibility index (Phi) is 5.16. The van der Waals surface area contributed by atoms with Crippen LogP contribution in [0.4, 0.5) is 10.1 Å². The van der Waals surface area contributed by atoms with Gasteiger partial charge in [0.05, 0.1) is 0 Å². The van der Waals surface area contributed by atoms with Crippen LogP contribution in [0.5, 0.6) is 0 Å². The molecule has 1 saturated heterocycles.